The highest BCUT2D eigenvalue weighted by molar-refractivity contribution is 5.32. The number of hydrogen-bond acceptors (Lipinski definition) is 1. The van der Waals surface area contributed by atoms with Crippen LogP contribution < -0.4 is 4.74 Å². The van der Waals surface area contributed by atoms with Gasteiger partial charge in [-0.2, -0.15) is 0 Å². The van der Waals surface area contributed by atoms with Crippen LogP contribution in [0.4, 0.5) is 4.39 Å². The highest BCUT2D eigenvalue weighted by atomic mass is 19.1. The third kappa shape index (κ3) is 3.24. The second-order valence-corrected chi connectivity index (χ2v) is 6.35. The number of ether oxygens (including phenoxy) is 1. The van der Waals surface area contributed by atoms with Gasteiger partial charge in [0.05, 0.1) is 6.61 Å². The van der Waals surface area contributed by atoms with Gasteiger partial charge in [-0.15, -0.1) is 0 Å². The Hall–Kier alpha value is -1.05. The molecule has 100 valence electrons. The van der Waals surface area contributed by atoms with Gasteiger partial charge < -0.3 is 4.74 Å². The molecule has 0 heterocycles. The molecule has 0 saturated heterocycles. The summed E-state index contributed by atoms with van der Waals surface area (Å²) in [6.07, 6.45) is 5.13. The fourth-order valence-electron chi connectivity index (χ4n) is 2.58. The van der Waals surface area contributed by atoms with Crippen molar-refractivity contribution < 1.29 is 9.13 Å². The minimum Gasteiger partial charge on any atom is -0.493 e. The highest BCUT2D eigenvalue weighted by Gasteiger charge is 2.19. The molecule has 18 heavy (non-hydrogen) atoms. The summed E-state index contributed by atoms with van der Waals surface area (Å²) >= 11 is 0. The molecule has 2 rings (SSSR count). The molecular weight excluding hydrogens is 227 g/mol. The van der Waals surface area contributed by atoms with Crippen molar-refractivity contribution >= 4 is 0 Å². The Morgan fingerprint density at radius 3 is 2.44 bits per heavy atom. The number of hydrogen-bond donors (Lipinski definition) is 0. The summed E-state index contributed by atoms with van der Waals surface area (Å²) in [6, 6.07) is 5.26. The molecule has 0 aliphatic heterocycles. The first-order chi connectivity index (χ1) is 8.47. The van der Waals surface area contributed by atoms with Gasteiger partial charge in [0, 0.05) is 6.07 Å². The van der Waals surface area contributed by atoms with Gasteiger partial charge in [-0.25, -0.2) is 4.39 Å². The van der Waals surface area contributed by atoms with E-state index in [-0.39, 0.29) is 11.2 Å². The lowest BCUT2D eigenvalue weighted by atomic mass is 9.87. The van der Waals surface area contributed by atoms with Crippen molar-refractivity contribution in [2.24, 2.45) is 5.92 Å². The highest BCUT2D eigenvalue weighted by Crippen LogP contribution is 2.29. The first kappa shape index (κ1) is 13.4. The van der Waals surface area contributed by atoms with E-state index >= 15 is 0 Å². The Morgan fingerprint density at radius 2 is 1.89 bits per heavy atom. The molecule has 0 aromatic heterocycles. The fraction of sp³-hybridized carbons (Fsp3) is 0.625. The van der Waals surface area contributed by atoms with Gasteiger partial charge in [-0.3, -0.25) is 0 Å². The standard InChI is InChI=1S/C16H23FO/c1-16(2,3)14-9-8-13(10-15(14)17)18-11-12-6-4-5-7-12/h8-10,12H,4-7,11H2,1-3H3. The van der Waals surface area contributed by atoms with E-state index in [0.29, 0.717) is 11.7 Å². The first-order valence-corrected chi connectivity index (χ1v) is 6.89. The van der Waals surface area contributed by atoms with Crippen LogP contribution in [0.1, 0.15) is 52.0 Å². The van der Waals surface area contributed by atoms with Crippen molar-refractivity contribution in [1.29, 1.82) is 0 Å². The minimum atomic E-state index is -0.161. The minimum absolute atomic E-state index is 0.159. The van der Waals surface area contributed by atoms with Gasteiger partial charge in [-0.1, -0.05) is 39.7 Å². The number of benzene rings is 1. The predicted molar refractivity (Wildman–Crippen MR) is 72.6 cm³/mol. The summed E-state index contributed by atoms with van der Waals surface area (Å²) in [7, 11) is 0. The lowest BCUT2D eigenvalue weighted by molar-refractivity contribution is 0.251. The van der Waals surface area contributed by atoms with Crippen molar-refractivity contribution in [3.05, 3.63) is 29.6 Å². The predicted octanol–water partition coefficient (Wildman–Crippen LogP) is 4.69. The molecule has 0 atom stereocenters. The maximum absolute atomic E-state index is 14.0. The summed E-state index contributed by atoms with van der Waals surface area (Å²) in [4.78, 5) is 0. The SMILES string of the molecule is CC(C)(C)c1ccc(OCC2CCCC2)cc1F. The average molecular weight is 250 g/mol. The molecule has 1 aromatic carbocycles. The summed E-state index contributed by atoms with van der Waals surface area (Å²) in [6.45, 7) is 6.79. The van der Waals surface area contributed by atoms with E-state index < -0.39 is 0 Å². The van der Waals surface area contributed by atoms with E-state index in [4.69, 9.17) is 4.74 Å². The van der Waals surface area contributed by atoms with Crippen LogP contribution in [0.3, 0.4) is 0 Å². The van der Waals surface area contributed by atoms with Crippen LogP contribution in [0.2, 0.25) is 0 Å². The van der Waals surface area contributed by atoms with Crippen LogP contribution in [0.25, 0.3) is 0 Å². The van der Waals surface area contributed by atoms with Gasteiger partial charge in [0.1, 0.15) is 11.6 Å². The van der Waals surface area contributed by atoms with Crippen molar-refractivity contribution in [1.82, 2.24) is 0 Å². The normalized spacial score (nSPS) is 17.1. The van der Waals surface area contributed by atoms with Crippen LogP contribution in [-0.4, -0.2) is 6.61 Å². The molecule has 1 aromatic rings. The summed E-state index contributed by atoms with van der Waals surface area (Å²) < 4.78 is 19.7. The van der Waals surface area contributed by atoms with Gasteiger partial charge in [0.25, 0.3) is 0 Å². The number of halogens is 1. The van der Waals surface area contributed by atoms with Gasteiger partial charge in [-0.05, 0) is 35.8 Å². The van der Waals surface area contributed by atoms with Crippen LogP contribution in [-0.2, 0) is 5.41 Å². The molecule has 1 aliphatic rings. The van der Waals surface area contributed by atoms with E-state index in [0.717, 1.165) is 12.2 Å². The monoisotopic (exact) mass is 250 g/mol. The van der Waals surface area contributed by atoms with Crippen LogP contribution >= 0.6 is 0 Å². The Balaban J connectivity index is 2.00. The van der Waals surface area contributed by atoms with E-state index in [2.05, 4.69) is 0 Å². The molecule has 1 nitrogen and oxygen atoms in total. The molecule has 0 amide bonds. The number of rotatable bonds is 3. The molecule has 1 fully saturated rings. The molecular formula is C16H23FO. The third-order valence-corrected chi connectivity index (χ3v) is 3.71. The van der Waals surface area contributed by atoms with Crippen LogP contribution in [0, 0.1) is 11.7 Å². The largest absolute Gasteiger partial charge is 0.493 e. The van der Waals surface area contributed by atoms with E-state index in [9.17, 15) is 4.39 Å². The topological polar surface area (TPSA) is 9.23 Å². The zero-order chi connectivity index (χ0) is 13.2. The molecule has 0 spiro atoms. The fourth-order valence-corrected chi connectivity index (χ4v) is 2.58. The Morgan fingerprint density at radius 1 is 1.22 bits per heavy atom. The zero-order valence-corrected chi connectivity index (χ0v) is 11.6. The van der Waals surface area contributed by atoms with Crippen LogP contribution in [0.15, 0.2) is 18.2 Å². The van der Waals surface area contributed by atoms with Crippen molar-refractivity contribution in [3.8, 4) is 5.75 Å². The lowest BCUT2D eigenvalue weighted by Gasteiger charge is -2.20. The summed E-state index contributed by atoms with van der Waals surface area (Å²) in [5.41, 5.74) is 0.587. The first-order valence-electron chi connectivity index (χ1n) is 6.89. The molecule has 1 aliphatic carbocycles. The maximum atomic E-state index is 14.0. The Labute approximate surface area is 109 Å². The Kier molecular flexibility index (Phi) is 3.94. The summed E-state index contributed by atoms with van der Waals surface area (Å²) in [5.74, 6) is 1.16. The molecule has 0 N–H and O–H groups in total. The van der Waals surface area contributed by atoms with Crippen LogP contribution in [0.5, 0.6) is 5.75 Å². The molecule has 2 heteroatoms. The summed E-state index contributed by atoms with van der Waals surface area (Å²) in [5, 5.41) is 0. The maximum Gasteiger partial charge on any atom is 0.130 e. The van der Waals surface area contributed by atoms with Crippen molar-refractivity contribution in [2.45, 2.75) is 51.9 Å². The lowest BCUT2D eigenvalue weighted by Crippen LogP contribution is -2.14. The van der Waals surface area contributed by atoms with Gasteiger partial charge in [0.15, 0.2) is 0 Å². The van der Waals surface area contributed by atoms with Gasteiger partial charge in [0.2, 0.25) is 0 Å². The van der Waals surface area contributed by atoms with Crippen molar-refractivity contribution in [3.63, 3.8) is 0 Å². The Bertz CT molecular complexity index is 400. The second kappa shape index (κ2) is 5.29. The van der Waals surface area contributed by atoms with E-state index in [1.54, 1.807) is 0 Å². The second-order valence-electron chi connectivity index (χ2n) is 6.35. The smallest absolute Gasteiger partial charge is 0.130 e. The zero-order valence-electron chi connectivity index (χ0n) is 11.6. The molecule has 0 radical (unpaired) electrons. The van der Waals surface area contributed by atoms with E-state index in [1.165, 1.54) is 31.7 Å². The van der Waals surface area contributed by atoms with E-state index in [1.807, 2.05) is 32.9 Å². The molecule has 1 saturated carbocycles. The van der Waals surface area contributed by atoms with Gasteiger partial charge >= 0.3 is 0 Å². The molecule has 0 bridgehead atoms. The molecule has 0 unspecified atom stereocenters. The van der Waals surface area contributed by atoms with Crippen molar-refractivity contribution in [2.75, 3.05) is 6.61 Å². The average Bonchev–Trinajstić information content (AvgIpc) is 2.77. The quantitative estimate of drug-likeness (QED) is 0.756. The third-order valence-electron chi connectivity index (χ3n) is 3.71.